The molecule has 0 aliphatic heterocycles. The van der Waals surface area contributed by atoms with Crippen molar-refractivity contribution in [3.63, 3.8) is 0 Å². The van der Waals surface area contributed by atoms with Crippen molar-refractivity contribution >= 4 is 21.4 Å². The van der Waals surface area contributed by atoms with E-state index in [0.717, 1.165) is 5.01 Å². The predicted octanol–water partition coefficient (Wildman–Crippen LogP) is 1.90. The lowest BCUT2D eigenvalue weighted by molar-refractivity contribution is 0.521. The van der Waals surface area contributed by atoms with Crippen molar-refractivity contribution in [3.05, 3.63) is 16.6 Å². The third-order valence-corrected chi connectivity index (χ3v) is 5.54. The Kier molecular flexibility index (Phi) is 6.38. The summed E-state index contributed by atoms with van der Waals surface area (Å²) in [5.41, 5.74) is 0. The van der Waals surface area contributed by atoms with Crippen molar-refractivity contribution < 1.29 is 8.42 Å². The summed E-state index contributed by atoms with van der Waals surface area (Å²) in [6.45, 7) is 8.10. The number of hydrogen-bond donors (Lipinski definition) is 2. The molecule has 0 radical (unpaired) electrons. The molecule has 1 heterocycles. The molecule has 0 amide bonds. The predicted molar refractivity (Wildman–Crippen MR) is 79.8 cm³/mol. The van der Waals surface area contributed by atoms with Gasteiger partial charge in [-0.15, -0.1) is 11.3 Å². The molecule has 7 heteroatoms. The Labute approximate surface area is 119 Å². The summed E-state index contributed by atoms with van der Waals surface area (Å²) in [4.78, 5) is 4.18. The fraction of sp³-hybridized carbons (Fsp3) is 0.750. The van der Waals surface area contributed by atoms with Crippen molar-refractivity contribution in [1.82, 2.24) is 15.0 Å². The topological polar surface area (TPSA) is 71.1 Å². The van der Waals surface area contributed by atoms with Crippen LogP contribution in [-0.2, 0) is 10.0 Å². The summed E-state index contributed by atoms with van der Waals surface area (Å²) in [5, 5.41) is 5.35. The van der Waals surface area contributed by atoms with Crippen LogP contribution in [0.5, 0.6) is 0 Å². The highest BCUT2D eigenvalue weighted by atomic mass is 32.2. The van der Waals surface area contributed by atoms with Crippen LogP contribution in [0.15, 0.2) is 11.6 Å². The number of aromatic nitrogens is 1. The lowest BCUT2D eigenvalue weighted by Crippen LogP contribution is -2.42. The summed E-state index contributed by atoms with van der Waals surface area (Å²) >= 11 is 1.47. The highest BCUT2D eigenvalue weighted by molar-refractivity contribution is 7.90. The standard InChI is InChI=1S/C12H23N3O2S2/c1-5-11(12-13-6-7-18-12)15-19(16,17)10(4)8-14-9(2)3/h6-7,9-11,14-15H,5,8H2,1-4H3. The first-order valence-corrected chi connectivity index (χ1v) is 8.93. The molecule has 19 heavy (non-hydrogen) atoms. The van der Waals surface area contributed by atoms with Crippen LogP contribution >= 0.6 is 11.3 Å². The number of sulfonamides is 1. The van der Waals surface area contributed by atoms with Gasteiger partial charge in [-0.3, -0.25) is 0 Å². The van der Waals surface area contributed by atoms with Crippen LogP contribution in [0, 0.1) is 0 Å². The van der Waals surface area contributed by atoms with Gasteiger partial charge in [0.25, 0.3) is 0 Å². The maximum absolute atomic E-state index is 12.2. The quantitative estimate of drug-likeness (QED) is 0.769. The molecule has 1 aromatic heterocycles. The molecule has 2 N–H and O–H groups in total. The second-order valence-electron chi connectivity index (χ2n) is 4.87. The lowest BCUT2D eigenvalue weighted by atomic mass is 10.3. The summed E-state index contributed by atoms with van der Waals surface area (Å²) in [6, 6.07) is 0.0464. The first-order valence-electron chi connectivity index (χ1n) is 6.50. The molecule has 0 spiro atoms. The second-order valence-corrected chi connectivity index (χ2v) is 7.92. The molecule has 1 rings (SSSR count). The Hall–Kier alpha value is -0.500. The van der Waals surface area contributed by atoms with Crippen molar-refractivity contribution in [2.75, 3.05) is 6.54 Å². The van der Waals surface area contributed by atoms with Gasteiger partial charge in [0.15, 0.2) is 0 Å². The Balaban J connectivity index is 2.67. The Morgan fingerprint density at radius 1 is 1.37 bits per heavy atom. The average Bonchev–Trinajstić information content (AvgIpc) is 2.86. The largest absolute Gasteiger partial charge is 0.313 e. The fourth-order valence-electron chi connectivity index (χ4n) is 1.54. The van der Waals surface area contributed by atoms with Gasteiger partial charge in [-0.25, -0.2) is 18.1 Å². The van der Waals surface area contributed by atoms with E-state index in [1.807, 2.05) is 26.2 Å². The minimum Gasteiger partial charge on any atom is -0.313 e. The van der Waals surface area contributed by atoms with E-state index in [2.05, 4.69) is 15.0 Å². The molecule has 2 unspecified atom stereocenters. The van der Waals surface area contributed by atoms with Crippen LogP contribution in [0.1, 0.15) is 45.2 Å². The third kappa shape index (κ3) is 5.18. The minimum absolute atomic E-state index is 0.230. The SMILES string of the molecule is CCC(NS(=O)(=O)C(C)CNC(C)C)c1nccs1. The van der Waals surface area contributed by atoms with Gasteiger partial charge in [0.2, 0.25) is 10.0 Å². The van der Waals surface area contributed by atoms with Gasteiger partial charge in [-0.05, 0) is 13.3 Å². The Bertz CT molecular complexity index is 457. The smallest absolute Gasteiger partial charge is 0.216 e. The van der Waals surface area contributed by atoms with Crippen molar-refractivity contribution in [2.24, 2.45) is 0 Å². The maximum atomic E-state index is 12.2. The van der Waals surface area contributed by atoms with Gasteiger partial charge in [-0.1, -0.05) is 20.8 Å². The number of thiazole rings is 1. The molecule has 2 atom stereocenters. The minimum atomic E-state index is -3.34. The molecule has 0 aliphatic carbocycles. The van der Waals surface area contributed by atoms with Crippen molar-refractivity contribution in [1.29, 1.82) is 0 Å². The molecular formula is C12H23N3O2S2. The number of nitrogens with zero attached hydrogens (tertiary/aromatic N) is 1. The van der Waals surface area contributed by atoms with Gasteiger partial charge in [-0.2, -0.15) is 0 Å². The highest BCUT2D eigenvalue weighted by Crippen LogP contribution is 2.20. The first-order chi connectivity index (χ1) is 8.86. The van der Waals surface area contributed by atoms with Crippen LogP contribution in [0.25, 0.3) is 0 Å². The summed E-state index contributed by atoms with van der Waals surface area (Å²) in [6.07, 6.45) is 2.39. The van der Waals surface area contributed by atoms with E-state index in [4.69, 9.17) is 0 Å². The normalized spacial score (nSPS) is 15.6. The van der Waals surface area contributed by atoms with Crippen LogP contribution in [0.2, 0.25) is 0 Å². The number of rotatable bonds is 8. The number of hydrogen-bond acceptors (Lipinski definition) is 5. The average molecular weight is 305 g/mol. The van der Waals surface area contributed by atoms with E-state index in [-0.39, 0.29) is 12.1 Å². The third-order valence-electron chi connectivity index (χ3n) is 2.81. The monoisotopic (exact) mass is 305 g/mol. The molecule has 0 bridgehead atoms. The zero-order valence-corrected chi connectivity index (χ0v) is 13.5. The summed E-state index contributed by atoms with van der Waals surface area (Å²) in [7, 11) is -3.34. The Morgan fingerprint density at radius 3 is 2.53 bits per heavy atom. The van der Waals surface area contributed by atoms with Gasteiger partial charge in [0, 0.05) is 24.2 Å². The van der Waals surface area contributed by atoms with E-state index in [0.29, 0.717) is 13.0 Å². The molecule has 0 aromatic carbocycles. The van der Waals surface area contributed by atoms with E-state index in [9.17, 15) is 8.42 Å². The van der Waals surface area contributed by atoms with Crippen molar-refractivity contribution in [3.8, 4) is 0 Å². The van der Waals surface area contributed by atoms with Gasteiger partial charge < -0.3 is 5.32 Å². The molecule has 0 saturated carbocycles. The van der Waals surface area contributed by atoms with Crippen LogP contribution < -0.4 is 10.0 Å². The van der Waals surface area contributed by atoms with Crippen molar-refractivity contribution in [2.45, 2.75) is 51.4 Å². The van der Waals surface area contributed by atoms with E-state index >= 15 is 0 Å². The van der Waals surface area contributed by atoms with E-state index in [1.165, 1.54) is 11.3 Å². The second kappa shape index (κ2) is 7.33. The number of nitrogens with one attached hydrogen (secondary N) is 2. The zero-order chi connectivity index (χ0) is 14.5. The van der Waals surface area contributed by atoms with Crippen LogP contribution in [0.4, 0.5) is 0 Å². The zero-order valence-electron chi connectivity index (χ0n) is 11.9. The van der Waals surface area contributed by atoms with E-state index in [1.54, 1.807) is 13.1 Å². The molecule has 0 saturated heterocycles. The first kappa shape index (κ1) is 16.6. The maximum Gasteiger partial charge on any atom is 0.216 e. The Morgan fingerprint density at radius 2 is 2.05 bits per heavy atom. The van der Waals surface area contributed by atoms with E-state index < -0.39 is 15.3 Å². The molecule has 0 aliphatic rings. The van der Waals surface area contributed by atoms with Gasteiger partial charge in [0.05, 0.1) is 11.3 Å². The van der Waals surface area contributed by atoms with Crippen LogP contribution in [-0.4, -0.2) is 31.2 Å². The summed E-state index contributed by atoms with van der Waals surface area (Å²) in [5.74, 6) is 0. The highest BCUT2D eigenvalue weighted by Gasteiger charge is 2.25. The lowest BCUT2D eigenvalue weighted by Gasteiger charge is -2.20. The molecule has 1 aromatic rings. The van der Waals surface area contributed by atoms with Crippen LogP contribution in [0.3, 0.4) is 0 Å². The molecule has 5 nitrogen and oxygen atoms in total. The molecule has 110 valence electrons. The molecular weight excluding hydrogens is 282 g/mol. The molecule has 0 fully saturated rings. The summed E-state index contributed by atoms with van der Waals surface area (Å²) < 4.78 is 27.2. The van der Waals surface area contributed by atoms with Gasteiger partial charge >= 0.3 is 0 Å². The van der Waals surface area contributed by atoms with Gasteiger partial charge in [0.1, 0.15) is 5.01 Å². The fourth-order valence-corrected chi connectivity index (χ4v) is 3.61.